The van der Waals surface area contributed by atoms with Gasteiger partial charge in [0.25, 0.3) is 5.91 Å². The van der Waals surface area contributed by atoms with Crippen molar-refractivity contribution in [1.82, 2.24) is 19.4 Å². The maximum absolute atomic E-state index is 12.9. The topological polar surface area (TPSA) is 53.9 Å². The summed E-state index contributed by atoms with van der Waals surface area (Å²) in [5, 5.41) is 1.09. The Hall–Kier alpha value is -2.56. The van der Waals surface area contributed by atoms with Gasteiger partial charge in [-0.25, -0.2) is 4.98 Å². The summed E-state index contributed by atoms with van der Waals surface area (Å²) in [6.07, 6.45) is 5.95. The number of carbonyl (C=O) groups is 1. The van der Waals surface area contributed by atoms with Crippen LogP contribution >= 0.6 is 0 Å². The summed E-state index contributed by atoms with van der Waals surface area (Å²) in [6, 6.07) is 8.50. The van der Waals surface area contributed by atoms with Crippen molar-refractivity contribution in [3.63, 3.8) is 0 Å². The number of imidazole rings is 1. The zero-order valence-corrected chi connectivity index (χ0v) is 14.1. The van der Waals surface area contributed by atoms with Gasteiger partial charge in [0.2, 0.25) is 0 Å². The molecule has 1 aliphatic heterocycles. The van der Waals surface area contributed by atoms with Crippen molar-refractivity contribution in [3.05, 3.63) is 53.7 Å². The number of nitrogens with zero attached hydrogens (tertiary/aromatic N) is 3. The van der Waals surface area contributed by atoms with Crippen LogP contribution < -0.4 is 0 Å². The normalized spacial score (nSPS) is 18.2. The van der Waals surface area contributed by atoms with E-state index in [4.69, 9.17) is 0 Å². The van der Waals surface area contributed by atoms with Crippen molar-refractivity contribution in [1.29, 1.82) is 0 Å². The molecule has 1 aliphatic rings. The van der Waals surface area contributed by atoms with Crippen molar-refractivity contribution in [2.75, 3.05) is 13.1 Å². The number of hydrogen-bond donors (Lipinski definition) is 1. The maximum Gasteiger partial charge on any atom is 0.270 e. The summed E-state index contributed by atoms with van der Waals surface area (Å²) in [5.74, 6) is 1.10. The first-order valence-electron chi connectivity index (χ1n) is 8.50. The Morgan fingerprint density at radius 2 is 2.17 bits per heavy atom. The second-order valence-electron chi connectivity index (χ2n) is 6.70. The first-order chi connectivity index (χ1) is 11.6. The molecule has 3 heterocycles. The van der Waals surface area contributed by atoms with Gasteiger partial charge >= 0.3 is 0 Å². The second-order valence-corrected chi connectivity index (χ2v) is 6.70. The smallest absolute Gasteiger partial charge is 0.270 e. The minimum Gasteiger partial charge on any atom is -0.351 e. The lowest BCUT2D eigenvalue weighted by Gasteiger charge is -2.33. The number of amides is 1. The predicted octanol–water partition coefficient (Wildman–Crippen LogP) is 3.46. The first-order valence-corrected chi connectivity index (χ1v) is 8.50. The number of nitrogens with one attached hydrogen (secondary N) is 1. The minimum atomic E-state index is 0.0892. The molecule has 1 N–H and O–H groups in total. The van der Waals surface area contributed by atoms with Crippen LogP contribution in [0, 0.1) is 13.8 Å². The lowest BCUT2D eigenvalue weighted by atomic mass is 10.0. The Labute approximate surface area is 141 Å². The molecule has 0 saturated carbocycles. The minimum absolute atomic E-state index is 0.0892. The Morgan fingerprint density at radius 1 is 1.29 bits per heavy atom. The van der Waals surface area contributed by atoms with Gasteiger partial charge < -0.3 is 14.5 Å². The van der Waals surface area contributed by atoms with E-state index in [0.717, 1.165) is 42.7 Å². The molecule has 1 saturated heterocycles. The van der Waals surface area contributed by atoms with Crippen molar-refractivity contribution >= 4 is 16.8 Å². The summed E-state index contributed by atoms with van der Waals surface area (Å²) in [4.78, 5) is 22.5. The second kappa shape index (κ2) is 5.82. The van der Waals surface area contributed by atoms with E-state index in [1.807, 2.05) is 30.3 Å². The van der Waals surface area contributed by atoms with E-state index in [-0.39, 0.29) is 5.91 Å². The molecule has 0 spiro atoms. The van der Waals surface area contributed by atoms with Crippen molar-refractivity contribution in [3.8, 4) is 0 Å². The number of carbonyl (C=O) groups excluding carboxylic acids is 1. The fourth-order valence-corrected chi connectivity index (χ4v) is 3.67. The van der Waals surface area contributed by atoms with Gasteiger partial charge in [-0.05, 0) is 44.4 Å². The summed E-state index contributed by atoms with van der Waals surface area (Å²) in [7, 11) is 0. The molecular formula is C19H22N4O. The lowest BCUT2D eigenvalue weighted by molar-refractivity contribution is 0.0673. The molecule has 124 valence electrons. The zero-order valence-electron chi connectivity index (χ0n) is 14.1. The highest BCUT2D eigenvalue weighted by Gasteiger charge is 2.26. The molecule has 3 aromatic rings. The third-order valence-electron chi connectivity index (χ3n) is 4.95. The number of piperidine rings is 1. The molecular weight excluding hydrogens is 300 g/mol. The summed E-state index contributed by atoms with van der Waals surface area (Å²) >= 11 is 0. The van der Waals surface area contributed by atoms with Crippen LogP contribution in [-0.2, 0) is 0 Å². The highest BCUT2D eigenvalue weighted by atomic mass is 16.2. The summed E-state index contributed by atoms with van der Waals surface area (Å²) in [5.41, 5.74) is 2.90. The largest absolute Gasteiger partial charge is 0.351 e. The zero-order chi connectivity index (χ0) is 16.7. The Bertz CT molecular complexity index is 892. The van der Waals surface area contributed by atoms with Crippen molar-refractivity contribution < 1.29 is 4.79 Å². The molecule has 5 heteroatoms. The van der Waals surface area contributed by atoms with Gasteiger partial charge in [0, 0.05) is 36.4 Å². The number of aromatic nitrogens is 3. The summed E-state index contributed by atoms with van der Waals surface area (Å²) < 4.78 is 2.19. The predicted molar refractivity (Wildman–Crippen MR) is 94.2 cm³/mol. The monoisotopic (exact) mass is 322 g/mol. The molecule has 24 heavy (non-hydrogen) atoms. The van der Waals surface area contributed by atoms with Crippen LogP contribution in [-0.4, -0.2) is 38.4 Å². The number of aromatic amines is 1. The van der Waals surface area contributed by atoms with Crippen LogP contribution in [0.4, 0.5) is 0 Å². The molecule has 1 amide bonds. The molecule has 1 fully saturated rings. The van der Waals surface area contributed by atoms with Crippen LogP contribution in [0.3, 0.4) is 0 Å². The number of hydrogen-bond acceptors (Lipinski definition) is 2. The maximum atomic E-state index is 12.9. The van der Waals surface area contributed by atoms with Crippen LogP contribution in [0.5, 0.6) is 0 Å². The van der Waals surface area contributed by atoms with Gasteiger partial charge in [-0.1, -0.05) is 12.1 Å². The van der Waals surface area contributed by atoms with E-state index in [0.29, 0.717) is 11.7 Å². The van der Waals surface area contributed by atoms with Crippen LogP contribution in [0.25, 0.3) is 10.9 Å². The number of aryl methyl sites for hydroxylation is 2. The number of benzene rings is 1. The average Bonchev–Trinajstić information content (AvgIpc) is 3.20. The van der Waals surface area contributed by atoms with Crippen LogP contribution in [0.1, 0.15) is 40.8 Å². The van der Waals surface area contributed by atoms with E-state index >= 15 is 0 Å². The van der Waals surface area contributed by atoms with Gasteiger partial charge in [-0.15, -0.1) is 0 Å². The Kier molecular flexibility index (Phi) is 3.63. The van der Waals surface area contributed by atoms with Crippen molar-refractivity contribution in [2.24, 2.45) is 0 Å². The van der Waals surface area contributed by atoms with Gasteiger partial charge in [0.05, 0.1) is 6.04 Å². The van der Waals surface area contributed by atoms with Crippen LogP contribution in [0.15, 0.2) is 36.7 Å². The lowest BCUT2D eigenvalue weighted by Crippen LogP contribution is -2.41. The Morgan fingerprint density at radius 3 is 2.96 bits per heavy atom. The molecule has 1 atom stereocenters. The van der Waals surface area contributed by atoms with Crippen molar-refractivity contribution in [2.45, 2.75) is 32.7 Å². The van der Waals surface area contributed by atoms with E-state index in [1.54, 1.807) is 0 Å². The number of fused-ring (bicyclic) bond motifs is 1. The highest BCUT2D eigenvalue weighted by molar-refractivity contribution is 5.98. The molecule has 4 rings (SSSR count). The first kappa shape index (κ1) is 15.0. The fraction of sp³-hybridized carbons (Fsp3) is 0.368. The van der Waals surface area contributed by atoms with E-state index < -0.39 is 0 Å². The van der Waals surface area contributed by atoms with Gasteiger partial charge in [0.15, 0.2) is 0 Å². The third-order valence-corrected chi connectivity index (χ3v) is 4.95. The molecule has 1 aromatic carbocycles. The highest BCUT2D eigenvalue weighted by Crippen LogP contribution is 2.25. The third kappa shape index (κ3) is 2.60. The average molecular weight is 322 g/mol. The number of likely N-dealkylation sites (tertiary alicyclic amines) is 1. The molecule has 1 unspecified atom stereocenters. The van der Waals surface area contributed by atoms with Gasteiger partial charge in [-0.2, -0.15) is 0 Å². The summed E-state index contributed by atoms with van der Waals surface area (Å²) in [6.45, 7) is 5.63. The number of H-pyrrole nitrogens is 1. The fourth-order valence-electron chi connectivity index (χ4n) is 3.67. The SMILES string of the molecule is Cc1ccc2cc(C(=O)N3CCCC(n4ccnc4C)C3)[nH]c2c1. The quantitative estimate of drug-likeness (QED) is 0.785. The molecule has 2 aromatic heterocycles. The standard InChI is InChI=1S/C19H22N4O/c1-13-5-6-15-11-18(21-17(15)10-13)19(24)22-8-3-4-16(12-22)23-9-7-20-14(23)2/h5-7,9-11,16,21H,3-4,8,12H2,1-2H3. The molecule has 0 bridgehead atoms. The van der Waals surface area contributed by atoms with Gasteiger partial charge in [0.1, 0.15) is 11.5 Å². The molecule has 5 nitrogen and oxygen atoms in total. The molecule has 0 aliphatic carbocycles. The molecule has 0 radical (unpaired) electrons. The van der Waals surface area contributed by atoms with E-state index in [9.17, 15) is 4.79 Å². The van der Waals surface area contributed by atoms with Crippen LogP contribution in [0.2, 0.25) is 0 Å². The van der Waals surface area contributed by atoms with E-state index in [1.165, 1.54) is 5.56 Å². The van der Waals surface area contributed by atoms with E-state index in [2.05, 4.69) is 39.7 Å². The van der Waals surface area contributed by atoms with Gasteiger partial charge in [-0.3, -0.25) is 4.79 Å². The Balaban J connectivity index is 1.57. The number of rotatable bonds is 2.